The Morgan fingerprint density at radius 3 is 1.38 bits per heavy atom. The number of ketones is 2. The minimum absolute atomic E-state index is 0. The van der Waals surface area contributed by atoms with E-state index in [0.29, 0.717) is 17.5 Å². The molecule has 0 aromatic heterocycles. The standard InChI is InChI=1S/C10H22OSi.C7H16OSi.C5H14O3Si2.C2H4O2.4CH4/c1-9(11)7-10(2,3)8-12(4,5)6;1-6(7(2)8)5-9(3)4;1-5(6)8-10(7)4-9(2)3;1-2(3)4;;;;/h7-8H2,1-6H3;6,9H,5H2,1-4H3;7,9-10H,4H2,1-3H3;1H3,(H,3,4);4*1H4. The first-order valence-electron chi connectivity index (χ1n) is 12.5. The van der Waals surface area contributed by atoms with Crippen LogP contribution < -0.4 is 0 Å². The van der Waals surface area contributed by atoms with Gasteiger partial charge in [-0.3, -0.25) is 14.4 Å². The predicted octanol–water partition coefficient (Wildman–Crippen LogP) is 7.45. The number of aliphatic carboxylic acids is 1. The zero-order valence-corrected chi connectivity index (χ0v) is 29.5. The third-order valence-electron chi connectivity index (χ3n) is 4.23. The molecular formula is C28H72O7Si4. The van der Waals surface area contributed by atoms with Crippen LogP contribution in [0.2, 0.25) is 63.6 Å². The highest BCUT2D eigenvalue weighted by atomic mass is 28.4. The van der Waals surface area contributed by atoms with E-state index in [1.807, 2.05) is 6.92 Å². The predicted molar refractivity (Wildman–Crippen MR) is 186 cm³/mol. The van der Waals surface area contributed by atoms with Gasteiger partial charge < -0.3 is 19.1 Å². The summed E-state index contributed by atoms with van der Waals surface area (Å²) in [6, 6.07) is 2.40. The molecule has 0 spiro atoms. The van der Waals surface area contributed by atoms with Crippen LogP contribution in [0, 0.1) is 11.3 Å². The second-order valence-corrected chi connectivity index (χ2v) is 26.7. The van der Waals surface area contributed by atoms with Gasteiger partial charge >= 0.3 is 9.28 Å². The minimum Gasteiger partial charge on any atom is -0.497 e. The van der Waals surface area contributed by atoms with Gasteiger partial charge in [0.15, 0.2) is 0 Å². The molecule has 0 radical (unpaired) electrons. The Balaban J connectivity index is -0.0000000553. The van der Waals surface area contributed by atoms with Crippen LogP contribution in [0.4, 0.5) is 0 Å². The number of carbonyl (C=O) groups excluding carboxylic acids is 3. The van der Waals surface area contributed by atoms with Crippen molar-refractivity contribution in [1.29, 1.82) is 0 Å². The second-order valence-electron chi connectivity index (χ2n) is 12.1. The van der Waals surface area contributed by atoms with Gasteiger partial charge in [0, 0.05) is 51.9 Å². The summed E-state index contributed by atoms with van der Waals surface area (Å²) in [5.74, 6) is -0.208. The van der Waals surface area contributed by atoms with Gasteiger partial charge in [0.25, 0.3) is 11.9 Å². The Hall–Kier alpha value is -0.892. The number of hydrogen-bond donors (Lipinski definition) is 2. The second kappa shape index (κ2) is 30.1. The van der Waals surface area contributed by atoms with Crippen molar-refractivity contribution in [2.75, 3.05) is 0 Å². The molecule has 39 heavy (non-hydrogen) atoms. The zero-order chi connectivity index (χ0) is 29.2. The molecule has 0 amide bonds. The first-order valence-corrected chi connectivity index (χ1v) is 24.2. The van der Waals surface area contributed by atoms with Crippen LogP contribution in [0.25, 0.3) is 0 Å². The maximum atomic E-state index is 11.0. The lowest BCUT2D eigenvalue weighted by Crippen LogP contribution is -2.29. The number of carboxylic acids is 1. The Kier molecular flexibility index (Phi) is 44.6. The summed E-state index contributed by atoms with van der Waals surface area (Å²) >= 11 is 0. The average Bonchev–Trinajstić information content (AvgIpc) is 2.48. The molecule has 0 heterocycles. The van der Waals surface area contributed by atoms with E-state index in [1.54, 1.807) is 13.8 Å². The van der Waals surface area contributed by atoms with Crippen LogP contribution in [0.15, 0.2) is 0 Å². The van der Waals surface area contributed by atoms with Crippen LogP contribution in [-0.4, -0.2) is 68.4 Å². The van der Waals surface area contributed by atoms with Gasteiger partial charge in [-0.2, -0.15) is 0 Å². The van der Waals surface area contributed by atoms with E-state index >= 15 is 0 Å². The van der Waals surface area contributed by atoms with E-state index in [9.17, 15) is 14.4 Å². The maximum Gasteiger partial charge on any atom is 0.379 e. The van der Waals surface area contributed by atoms with Crippen molar-refractivity contribution in [3.63, 3.8) is 0 Å². The fourth-order valence-electron chi connectivity index (χ4n) is 3.69. The number of carbonyl (C=O) groups is 4. The average molecular weight is 633 g/mol. The molecule has 0 rings (SSSR count). The Labute approximate surface area is 251 Å². The molecule has 2 atom stereocenters. The fraction of sp³-hybridized carbons (Fsp3) is 0.857. The van der Waals surface area contributed by atoms with E-state index < -0.39 is 40.9 Å². The normalized spacial score (nSPS) is 11.3. The summed E-state index contributed by atoms with van der Waals surface area (Å²) in [5, 5.41) is 7.42. The van der Waals surface area contributed by atoms with Crippen molar-refractivity contribution in [2.45, 2.75) is 148 Å². The molecule has 2 N–H and O–H groups in total. The quantitative estimate of drug-likeness (QED) is 0.240. The molecule has 0 bridgehead atoms. The molecule has 0 aromatic rings. The summed E-state index contributed by atoms with van der Waals surface area (Å²) in [6.07, 6.45) is 0.733. The fourth-order valence-corrected chi connectivity index (χ4v) is 12.4. The lowest BCUT2D eigenvalue weighted by molar-refractivity contribution is -0.135. The zero-order valence-electron chi connectivity index (χ0n) is 25.1. The van der Waals surface area contributed by atoms with Gasteiger partial charge in [-0.15, -0.1) is 0 Å². The van der Waals surface area contributed by atoms with Crippen LogP contribution in [0.5, 0.6) is 0 Å². The number of Topliss-reactive ketones (excluding diaryl/α,β-unsaturated/α-hetero) is 2. The molecule has 0 aliphatic heterocycles. The molecule has 0 aromatic carbocycles. The van der Waals surface area contributed by atoms with Gasteiger partial charge in [0.05, 0.1) is 0 Å². The summed E-state index contributed by atoms with van der Waals surface area (Å²) in [4.78, 5) is 50.1. The van der Waals surface area contributed by atoms with Gasteiger partial charge in [0.1, 0.15) is 11.6 Å². The molecule has 0 saturated carbocycles. The van der Waals surface area contributed by atoms with Crippen molar-refractivity contribution in [3.05, 3.63) is 0 Å². The minimum atomic E-state index is -2.11. The highest BCUT2D eigenvalue weighted by Crippen LogP contribution is 2.31. The van der Waals surface area contributed by atoms with Crippen molar-refractivity contribution in [2.24, 2.45) is 11.3 Å². The summed E-state index contributed by atoms with van der Waals surface area (Å²) < 4.78 is 4.65. The highest BCUT2D eigenvalue weighted by molar-refractivity contribution is 6.76. The third kappa shape index (κ3) is 67.1. The van der Waals surface area contributed by atoms with Gasteiger partial charge in [-0.05, 0) is 24.9 Å². The topological polar surface area (TPSA) is 118 Å². The number of hydrogen-bond acceptors (Lipinski definition) is 6. The molecule has 0 aliphatic carbocycles. The smallest absolute Gasteiger partial charge is 0.379 e. The molecule has 7 nitrogen and oxygen atoms in total. The molecule has 242 valence electrons. The maximum absolute atomic E-state index is 11.0. The van der Waals surface area contributed by atoms with Crippen molar-refractivity contribution in [3.8, 4) is 0 Å². The first-order chi connectivity index (χ1) is 15.4. The lowest BCUT2D eigenvalue weighted by atomic mass is 9.90. The number of carboxylic acid groups (broad SMARTS) is 1. The Morgan fingerprint density at radius 2 is 1.21 bits per heavy atom. The molecule has 11 heteroatoms. The van der Waals surface area contributed by atoms with Crippen LogP contribution in [-0.2, 0) is 23.6 Å². The first kappa shape index (κ1) is 57.9. The molecule has 0 saturated heterocycles. The monoisotopic (exact) mass is 632 g/mol. The van der Waals surface area contributed by atoms with Gasteiger partial charge in [-0.1, -0.05) is 108 Å². The van der Waals surface area contributed by atoms with Crippen LogP contribution >= 0.6 is 0 Å². The Morgan fingerprint density at radius 1 is 0.846 bits per heavy atom. The lowest BCUT2D eigenvalue weighted by Gasteiger charge is -2.30. The van der Waals surface area contributed by atoms with E-state index in [0.717, 1.165) is 25.1 Å². The SMILES string of the molecule is C.C.C.C.CC(=O)C(C)C[SiH](C)C.CC(=O)CC(C)(C)C[Si](C)(C)C.CC(=O)O.CC(=O)O[SiH](O)C[SiH](C)C. The summed E-state index contributed by atoms with van der Waals surface area (Å²) in [7, 11) is -4.38. The van der Waals surface area contributed by atoms with Gasteiger partial charge in [-0.25, -0.2) is 0 Å². The molecule has 0 aliphatic rings. The van der Waals surface area contributed by atoms with E-state index in [2.05, 4.69) is 64.1 Å². The third-order valence-corrected chi connectivity index (χ3v) is 13.9. The van der Waals surface area contributed by atoms with Crippen molar-refractivity contribution < 1.29 is 33.5 Å². The molecule has 2 unspecified atom stereocenters. The van der Waals surface area contributed by atoms with Crippen molar-refractivity contribution >= 4 is 58.5 Å². The van der Waals surface area contributed by atoms with E-state index in [4.69, 9.17) is 14.7 Å². The summed E-state index contributed by atoms with van der Waals surface area (Å²) in [6.45, 7) is 28.1. The Bertz CT molecular complexity index is 614. The van der Waals surface area contributed by atoms with Crippen molar-refractivity contribution in [1.82, 2.24) is 0 Å². The van der Waals surface area contributed by atoms with E-state index in [-0.39, 0.29) is 41.1 Å². The molecular weight excluding hydrogens is 561 g/mol. The van der Waals surface area contributed by atoms with Gasteiger partial charge in [0.2, 0.25) is 0 Å². The van der Waals surface area contributed by atoms with Crippen LogP contribution in [0.1, 0.15) is 84.6 Å². The molecule has 0 fully saturated rings. The van der Waals surface area contributed by atoms with Crippen LogP contribution in [0.3, 0.4) is 0 Å². The van der Waals surface area contributed by atoms with E-state index in [1.165, 1.54) is 13.0 Å². The highest BCUT2D eigenvalue weighted by Gasteiger charge is 2.27. The summed E-state index contributed by atoms with van der Waals surface area (Å²) in [5.41, 5.74) is 0.996. The number of rotatable bonds is 10. The largest absolute Gasteiger partial charge is 0.497 e.